The molecule has 7 nitrogen and oxygen atoms in total. The molecule has 1 spiro atoms. The van der Waals surface area contributed by atoms with Gasteiger partial charge in [-0.3, -0.25) is 4.79 Å². The van der Waals surface area contributed by atoms with Gasteiger partial charge in [-0.1, -0.05) is 36.7 Å². The molecule has 1 saturated carbocycles. The lowest BCUT2D eigenvalue weighted by molar-refractivity contribution is -0.122. The fourth-order valence-corrected chi connectivity index (χ4v) is 8.49. The van der Waals surface area contributed by atoms with Crippen LogP contribution in [0.25, 0.3) is 0 Å². The highest BCUT2D eigenvalue weighted by atomic mass is 35.5. The molecule has 220 valence electrons. The van der Waals surface area contributed by atoms with Crippen LogP contribution in [0.2, 0.25) is 5.02 Å². The van der Waals surface area contributed by atoms with E-state index in [9.17, 15) is 13.2 Å². The summed E-state index contributed by atoms with van der Waals surface area (Å²) < 4.78 is 41.6. The molecule has 2 heterocycles. The maximum absolute atomic E-state index is 13.4. The van der Waals surface area contributed by atoms with Crippen molar-refractivity contribution in [1.29, 1.82) is 0 Å². The first-order chi connectivity index (χ1) is 19.7. The number of sulfonamides is 1. The quantitative estimate of drug-likeness (QED) is 0.427. The minimum absolute atomic E-state index is 0.00621. The zero-order chi connectivity index (χ0) is 28.8. The van der Waals surface area contributed by atoms with Crippen LogP contribution in [-0.4, -0.2) is 47.2 Å². The number of ether oxygens (including phenoxy) is 2. The monoisotopic (exact) mass is 598 g/mol. The van der Waals surface area contributed by atoms with Crippen molar-refractivity contribution in [2.75, 3.05) is 31.7 Å². The summed E-state index contributed by atoms with van der Waals surface area (Å²) in [5.74, 6) is 0.500. The number of carbonyl (C=O) groups is 1. The summed E-state index contributed by atoms with van der Waals surface area (Å²) in [6.45, 7) is 3.74. The maximum atomic E-state index is 13.4. The van der Waals surface area contributed by atoms with Gasteiger partial charge in [-0.05, 0) is 98.2 Å². The number of benzene rings is 2. The van der Waals surface area contributed by atoms with Crippen molar-refractivity contribution >= 4 is 33.2 Å². The first kappa shape index (κ1) is 28.6. The molecule has 4 aliphatic rings. The minimum atomic E-state index is -4.05. The number of anilines is 1. The van der Waals surface area contributed by atoms with Gasteiger partial charge in [0.1, 0.15) is 5.75 Å². The van der Waals surface area contributed by atoms with Crippen molar-refractivity contribution in [2.45, 2.75) is 68.3 Å². The number of carbonyl (C=O) groups excluding carboxylic acids is 1. The Balaban J connectivity index is 1.44. The summed E-state index contributed by atoms with van der Waals surface area (Å²) in [5.41, 5.74) is 3.04. The molecule has 0 radical (unpaired) electrons. The summed E-state index contributed by atoms with van der Waals surface area (Å²) in [7, 11) is -2.28. The van der Waals surface area contributed by atoms with Crippen LogP contribution in [0.15, 0.2) is 53.4 Å². The zero-order valence-electron chi connectivity index (χ0n) is 23.8. The van der Waals surface area contributed by atoms with Gasteiger partial charge >= 0.3 is 0 Å². The summed E-state index contributed by atoms with van der Waals surface area (Å²) in [6, 6.07) is 11.2. The lowest BCUT2D eigenvalue weighted by Gasteiger charge is -2.46. The summed E-state index contributed by atoms with van der Waals surface area (Å²) >= 11 is 6.39. The Morgan fingerprint density at radius 2 is 2.00 bits per heavy atom. The highest BCUT2D eigenvalue weighted by Crippen LogP contribution is 2.47. The molecule has 5 atom stereocenters. The van der Waals surface area contributed by atoms with Gasteiger partial charge in [0.25, 0.3) is 10.0 Å². The molecule has 2 aliphatic heterocycles. The average Bonchev–Trinajstić information content (AvgIpc) is 3.08. The number of nitrogens with zero attached hydrogens (tertiary/aromatic N) is 1. The first-order valence-electron chi connectivity index (χ1n) is 14.8. The molecule has 0 unspecified atom stereocenters. The second-order valence-corrected chi connectivity index (χ2v) is 14.4. The van der Waals surface area contributed by atoms with Crippen molar-refractivity contribution in [3.8, 4) is 5.75 Å². The average molecular weight is 599 g/mol. The van der Waals surface area contributed by atoms with Crippen molar-refractivity contribution in [3.05, 3.63) is 64.7 Å². The topological polar surface area (TPSA) is 84.9 Å². The van der Waals surface area contributed by atoms with Crippen LogP contribution in [0, 0.1) is 17.8 Å². The van der Waals surface area contributed by atoms with Crippen LogP contribution in [-0.2, 0) is 31.4 Å². The van der Waals surface area contributed by atoms with Crippen LogP contribution < -0.4 is 14.4 Å². The fraction of sp³-hybridized carbons (Fsp3) is 0.531. The smallest absolute Gasteiger partial charge is 0.264 e. The summed E-state index contributed by atoms with van der Waals surface area (Å²) in [6.07, 6.45) is 10.6. The Labute approximate surface area is 248 Å². The molecule has 1 amide bonds. The SMILES string of the molecule is CO[C@@H]1C=CCC[C@@H](C)C(=O)NS(=O)(=O)c2ccc3c(c2)N(C[C@@H]2CC[C@H]21)C[C@@]1(CCCc2cc(Cl)ccc21)CO3. The Morgan fingerprint density at radius 3 is 2.78 bits per heavy atom. The van der Waals surface area contributed by atoms with Crippen LogP contribution in [0.3, 0.4) is 0 Å². The summed E-state index contributed by atoms with van der Waals surface area (Å²) in [5, 5.41) is 0.742. The van der Waals surface area contributed by atoms with Gasteiger partial charge in [0.2, 0.25) is 5.91 Å². The molecule has 0 saturated heterocycles. The third-order valence-corrected chi connectivity index (χ3v) is 11.3. The molecule has 0 aromatic heterocycles. The highest BCUT2D eigenvalue weighted by molar-refractivity contribution is 7.90. The molecule has 2 bridgehead atoms. The van der Waals surface area contributed by atoms with Crippen molar-refractivity contribution < 1.29 is 22.7 Å². The lowest BCUT2D eigenvalue weighted by atomic mass is 9.68. The Hall–Kier alpha value is -2.55. The number of methoxy groups -OCH3 is 1. The standard InChI is InChI=1S/C32H39ClN2O5S/c1-21-6-3-4-8-29(39-2)26-12-9-23(26)18-35-19-32(15-5-7-22-16-24(33)10-13-27(22)32)20-40-30-14-11-25(17-28(30)35)41(37,38)34-31(21)36/h4,8,10-11,13-14,16-17,21,23,26,29H,3,5-7,9,12,15,18-20H2,1-2H3,(H,34,36)/t21-,23+,26-,29-,32+/m1/s1. The van der Waals surface area contributed by atoms with Crippen LogP contribution in [0.1, 0.15) is 56.6 Å². The van der Waals surface area contributed by atoms with Gasteiger partial charge in [-0.25, -0.2) is 13.1 Å². The van der Waals surface area contributed by atoms with Gasteiger partial charge in [-0.2, -0.15) is 0 Å². The second-order valence-electron chi connectivity index (χ2n) is 12.3. The Morgan fingerprint density at radius 1 is 1.15 bits per heavy atom. The Bertz CT molecular complexity index is 1460. The highest BCUT2D eigenvalue weighted by Gasteiger charge is 2.44. The second kappa shape index (κ2) is 11.3. The van der Waals surface area contributed by atoms with Crippen molar-refractivity contribution in [3.63, 3.8) is 0 Å². The van der Waals surface area contributed by atoms with E-state index in [0.717, 1.165) is 49.4 Å². The van der Waals surface area contributed by atoms with E-state index < -0.39 is 21.8 Å². The van der Waals surface area contributed by atoms with E-state index in [2.05, 4.69) is 33.9 Å². The van der Waals surface area contributed by atoms with Gasteiger partial charge in [0, 0.05) is 36.6 Å². The largest absolute Gasteiger partial charge is 0.490 e. The van der Waals surface area contributed by atoms with Crippen LogP contribution >= 0.6 is 11.6 Å². The Kier molecular flexibility index (Phi) is 7.85. The molecular formula is C32H39ClN2O5S. The third kappa shape index (κ3) is 5.51. The zero-order valence-corrected chi connectivity index (χ0v) is 25.3. The number of allylic oxidation sites excluding steroid dienone is 1. The van der Waals surface area contributed by atoms with Crippen molar-refractivity contribution in [2.24, 2.45) is 17.8 Å². The van der Waals surface area contributed by atoms with Crippen LogP contribution in [0.5, 0.6) is 5.75 Å². The maximum Gasteiger partial charge on any atom is 0.264 e. The van der Waals surface area contributed by atoms with Gasteiger partial charge < -0.3 is 14.4 Å². The molecule has 41 heavy (non-hydrogen) atoms. The fourth-order valence-electron chi connectivity index (χ4n) is 7.19. The molecule has 2 aromatic carbocycles. The van der Waals surface area contributed by atoms with Crippen molar-refractivity contribution in [1.82, 2.24) is 4.72 Å². The van der Waals surface area contributed by atoms with Crippen LogP contribution in [0.4, 0.5) is 5.69 Å². The molecule has 1 N–H and O–H groups in total. The molecule has 2 aromatic rings. The summed E-state index contributed by atoms with van der Waals surface area (Å²) in [4.78, 5) is 15.3. The molecule has 9 heteroatoms. The third-order valence-electron chi connectivity index (χ3n) is 9.72. The number of nitrogens with one attached hydrogen (secondary N) is 1. The number of hydrogen-bond donors (Lipinski definition) is 1. The minimum Gasteiger partial charge on any atom is -0.490 e. The number of hydrogen-bond acceptors (Lipinski definition) is 6. The number of aryl methyl sites for hydroxylation is 1. The molecular weight excluding hydrogens is 560 g/mol. The molecule has 1 fully saturated rings. The predicted molar refractivity (Wildman–Crippen MR) is 160 cm³/mol. The number of halogens is 1. The number of fused-ring (bicyclic) bond motifs is 4. The number of rotatable bonds is 1. The van der Waals surface area contributed by atoms with E-state index in [4.69, 9.17) is 21.1 Å². The lowest BCUT2D eigenvalue weighted by Crippen LogP contribution is -2.49. The van der Waals surface area contributed by atoms with E-state index in [0.29, 0.717) is 43.6 Å². The van der Waals surface area contributed by atoms with Gasteiger partial charge in [0.15, 0.2) is 0 Å². The van der Waals surface area contributed by atoms with Gasteiger partial charge in [-0.15, -0.1) is 0 Å². The van der Waals surface area contributed by atoms with E-state index >= 15 is 0 Å². The van der Waals surface area contributed by atoms with E-state index in [1.54, 1.807) is 32.2 Å². The van der Waals surface area contributed by atoms with E-state index in [-0.39, 0.29) is 16.4 Å². The molecule has 6 rings (SSSR count). The van der Waals surface area contributed by atoms with E-state index in [1.807, 2.05) is 6.07 Å². The van der Waals surface area contributed by atoms with Gasteiger partial charge in [0.05, 0.1) is 23.3 Å². The van der Waals surface area contributed by atoms with E-state index in [1.165, 1.54) is 11.1 Å². The first-order valence-corrected chi connectivity index (χ1v) is 16.6. The molecule has 2 aliphatic carbocycles. The number of amides is 1. The normalized spacial score (nSPS) is 31.2. The predicted octanol–water partition coefficient (Wildman–Crippen LogP) is 5.65.